The molecule has 0 spiro atoms. The molecule has 0 aromatic carbocycles. The number of thioether (sulfide) groups is 1. The quantitative estimate of drug-likeness (QED) is 0.680. The number of carbonyl (C=O) groups excluding carboxylic acids is 2. The Morgan fingerprint density at radius 2 is 2.47 bits per heavy atom. The van der Waals surface area contributed by atoms with Gasteiger partial charge in [0, 0.05) is 11.8 Å². The number of primary amides is 1. The third-order valence-corrected chi connectivity index (χ3v) is 4.71. The first kappa shape index (κ1) is 12.5. The Kier molecular flexibility index (Phi) is 3.48. The van der Waals surface area contributed by atoms with Crippen LogP contribution in [0.15, 0.2) is 0 Å². The predicted molar refractivity (Wildman–Crippen MR) is 62.2 cm³/mol. The molecule has 2 fully saturated rings. The van der Waals surface area contributed by atoms with Crippen LogP contribution in [0.25, 0.3) is 0 Å². The number of aliphatic hydroxyl groups excluding tert-OH is 1. The van der Waals surface area contributed by atoms with Crippen molar-refractivity contribution in [1.29, 1.82) is 0 Å². The van der Waals surface area contributed by atoms with Gasteiger partial charge >= 0.3 is 6.09 Å². The minimum atomic E-state index is -0.769. The van der Waals surface area contributed by atoms with Gasteiger partial charge in [0.1, 0.15) is 0 Å². The van der Waals surface area contributed by atoms with Crippen LogP contribution in [0, 0.1) is 5.92 Å². The van der Waals surface area contributed by atoms with Gasteiger partial charge in [-0.2, -0.15) is 0 Å². The molecule has 0 aromatic heterocycles. The monoisotopic (exact) mass is 260 g/mol. The largest absolute Gasteiger partial charge is 0.450 e. The molecular formula is C10H16N2O4S. The third kappa shape index (κ3) is 2.35. The molecule has 96 valence electrons. The van der Waals surface area contributed by atoms with Gasteiger partial charge < -0.3 is 20.5 Å². The second kappa shape index (κ2) is 4.73. The Hall–Kier alpha value is -0.950. The number of nitrogens with two attached hydrogens (primary N) is 1. The van der Waals surface area contributed by atoms with Crippen molar-refractivity contribution in [3.8, 4) is 0 Å². The predicted octanol–water partition coefficient (Wildman–Crippen LogP) is -0.248. The Morgan fingerprint density at radius 3 is 3.06 bits per heavy atom. The Morgan fingerprint density at radius 1 is 1.76 bits per heavy atom. The van der Waals surface area contributed by atoms with E-state index in [0.717, 1.165) is 0 Å². The summed E-state index contributed by atoms with van der Waals surface area (Å²) in [4.78, 5) is 23.8. The summed E-state index contributed by atoms with van der Waals surface area (Å²) in [5.74, 6) is -0.252. The number of hydrogen-bond acceptors (Lipinski definition) is 5. The smallest absolute Gasteiger partial charge is 0.404 e. The van der Waals surface area contributed by atoms with Gasteiger partial charge in [-0.3, -0.25) is 4.79 Å². The van der Waals surface area contributed by atoms with E-state index in [2.05, 4.69) is 4.74 Å². The summed E-state index contributed by atoms with van der Waals surface area (Å²) in [6.07, 6.45) is -0.688. The lowest BCUT2D eigenvalue weighted by molar-refractivity contribution is -0.155. The highest BCUT2D eigenvalue weighted by Crippen LogP contribution is 2.45. The van der Waals surface area contributed by atoms with E-state index in [4.69, 9.17) is 5.73 Å². The normalized spacial score (nSPS) is 32.9. The van der Waals surface area contributed by atoms with Crippen molar-refractivity contribution in [3.63, 3.8) is 0 Å². The summed E-state index contributed by atoms with van der Waals surface area (Å²) in [6.45, 7) is 2.59. The number of fused-ring (bicyclic) bond motifs is 1. The molecule has 2 heterocycles. The molecule has 0 aliphatic carbocycles. The van der Waals surface area contributed by atoms with Crippen LogP contribution >= 0.6 is 11.8 Å². The van der Waals surface area contributed by atoms with E-state index < -0.39 is 12.2 Å². The van der Waals surface area contributed by atoms with E-state index in [1.807, 2.05) is 0 Å². The molecule has 3 N–H and O–H groups in total. The van der Waals surface area contributed by atoms with Gasteiger partial charge in [0.2, 0.25) is 5.91 Å². The van der Waals surface area contributed by atoms with Crippen LogP contribution in [0.1, 0.15) is 13.3 Å². The average molecular weight is 260 g/mol. The molecule has 2 amide bonds. The second-order valence-corrected chi connectivity index (χ2v) is 5.78. The van der Waals surface area contributed by atoms with Crippen LogP contribution in [-0.4, -0.2) is 51.9 Å². The van der Waals surface area contributed by atoms with Gasteiger partial charge in [0.15, 0.2) is 0 Å². The number of ether oxygens (including phenoxy) is 1. The van der Waals surface area contributed by atoms with E-state index in [-0.39, 0.29) is 29.1 Å². The first-order valence-corrected chi connectivity index (χ1v) is 6.51. The van der Waals surface area contributed by atoms with Gasteiger partial charge in [-0.15, -0.1) is 11.8 Å². The van der Waals surface area contributed by atoms with E-state index in [1.54, 1.807) is 23.6 Å². The lowest BCUT2D eigenvalue weighted by atomic mass is 9.93. The summed E-state index contributed by atoms with van der Waals surface area (Å²) < 4.78 is 4.67. The SMILES string of the molecule is C[C@@H](O)[C@H]1C(=O)N2CC(CCOC(N)=O)S[C@H]12. The summed E-state index contributed by atoms with van der Waals surface area (Å²) in [5, 5.41) is 9.82. The zero-order chi connectivity index (χ0) is 12.6. The fourth-order valence-corrected chi connectivity index (χ4v) is 3.98. The maximum atomic E-state index is 11.7. The van der Waals surface area contributed by atoms with Crippen LogP contribution < -0.4 is 5.73 Å². The van der Waals surface area contributed by atoms with E-state index in [1.165, 1.54) is 0 Å². The number of aliphatic hydroxyl groups is 1. The van der Waals surface area contributed by atoms with Gasteiger partial charge in [0.05, 0.1) is 24.0 Å². The lowest BCUT2D eigenvalue weighted by Gasteiger charge is -2.43. The minimum absolute atomic E-state index is 0.0239. The Labute approximate surface area is 103 Å². The van der Waals surface area contributed by atoms with Crippen molar-refractivity contribution in [1.82, 2.24) is 4.90 Å². The molecule has 0 saturated carbocycles. The molecular weight excluding hydrogens is 244 g/mol. The van der Waals surface area contributed by atoms with E-state index >= 15 is 0 Å². The van der Waals surface area contributed by atoms with E-state index in [0.29, 0.717) is 13.0 Å². The fourth-order valence-electron chi connectivity index (χ4n) is 2.26. The summed E-state index contributed by atoms with van der Waals surface area (Å²) >= 11 is 1.67. The number of carbonyl (C=O) groups is 2. The number of nitrogens with zero attached hydrogens (tertiary/aromatic N) is 1. The van der Waals surface area contributed by atoms with Crippen LogP contribution in [0.3, 0.4) is 0 Å². The van der Waals surface area contributed by atoms with Crippen molar-refractivity contribution >= 4 is 23.8 Å². The molecule has 7 heteroatoms. The summed E-state index contributed by atoms with van der Waals surface area (Å²) in [5.41, 5.74) is 4.86. The number of β-lactam (4-membered cyclic amide) rings is 1. The number of amides is 2. The molecule has 2 aliphatic rings. The van der Waals surface area contributed by atoms with Crippen molar-refractivity contribution in [2.24, 2.45) is 11.7 Å². The molecule has 0 bridgehead atoms. The zero-order valence-corrected chi connectivity index (χ0v) is 10.4. The van der Waals surface area contributed by atoms with Crippen LogP contribution in [0.2, 0.25) is 0 Å². The molecule has 0 aromatic rings. The molecule has 1 unspecified atom stereocenters. The fraction of sp³-hybridized carbons (Fsp3) is 0.800. The van der Waals surface area contributed by atoms with Gasteiger partial charge in [-0.05, 0) is 13.3 Å². The number of hydrogen-bond donors (Lipinski definition) is 2. The topological polar surface area (TPSA) is 92.9 Å². The van der Waals surface area contributed by atoms with E-state index in [9.17, 15) is 14.7 Å². The molecule has 6 nitrogen and oxygen atoms in total. The van der Waals surface area contributed by atoms with Crippen molar-refractivity contribution in [3.05, 3.63) is 0 Å². The number of rotatable bonds is 4. The summed E-state index contributed by atoms with van der Waals surface area (Å²) in [7, 11) is 0. The van der Waals surface area contributed by atoms with Gasteiger partial charge in [-0.1, -0.05) is 0 Å². The molecule has 2 rings (SSSR count). The molecule has 17 heavy (non-hydrogen) atoms. The standard InChI is InChI=1S/C10H16N2O4S/c1-5(13)7-8(14)12-4-6(17-9(7)12)2-3-16-10(11)15/h5-7,9,13H,2-4H2,1H3,(H2,11,15)/t5-,6?,7+,9-/m1/s1. The highest BCUT2D eigenvalue weighted by Gasteiger charge is 2.54. The molecule has 4 atom stereocenters. The van der Waals surface area contributed by atoms with Crippen molar-refractivity contribution < 1.29 is 19.4 Å². The highest BCUT2D eigenvalue weighted by molar-refractivity contribution is 8.00. The molecule has 2 saturated heterocycles. The minimum Gasteiger partial charge on any atom is -0.450 e. The average Bonchev–Trinajstić information content (AvgIpc) is 2.56. The third-order valence-electron chi connectivity index (χ3n) is 3.12. The van der Waals surface area contributed by atoms with Crippen LogP contribution in [0.5, 0.6) is 0 Å². The highest BCUT2D eigenvalue weighted by atomic mass is 32.2. The van der Waals surface area contributed by atoms with Crippen molar-refractivity contribution in [2.75, 3.05) is 13.2 Å². The van der Waals surface area contributed by atoms with Crippen molar-refractivity contribution in [2.45, 2.75) is 30.1 Å². The maximum absolute atomic E-state index is 11.7. The molecule has 2 aliphatic heterocycles. The van der Waals surface area contributed by atoms with Crippen LogP contribution in [-0.2, 0) is 9.53 Å². The van der Waals surface area contributed by atoms with Gasteiger partial charge in [0.25, 0.3) is 0 Å². The maximum Gasteiger partial charge on any atom is 0.404 e. The first-order chi connectivity index (χ1) is 8.00. The summed E-state index contributed by atoms with van der Waals surface area (Å²) in [6, 6.07) is 0. The second-order valence-electron chi connectivity index (χ2n) is 4.36. The Bertz CT molecular complexity index is 336. The van der Waals surface area contributed by atoms with Gasteiger partial charge in [-0.25, -0.2) is 4.79 Å². The Balaban J connectivity index is 1.80. The first-order valence-electron chi connectivity index (χ1n) is 5.57. The molecule has 0 radical (unpaired) electrons. The lowest BCUT2D eigenvalue weighted by Crippen LogP contribution is -2.60. The zero-order valence-electron chi connectivity index (χ0n) is 9.54. The van der Waals surface area contributed by atoms with Crippen LogP contribution in [0.4, 0.5) is 4.79 Å².